The number of anilines is 2. The third-order valence-corrected chi connectivity index (χ3v) is 7.97. The first kappa shape index (κ1) is 29.2. The lowest BCUT2D eigenvalue weighted by Gasteiger charge is -2.35. The number of aromatic nitrogens is 1. The van der Waals surface area contributed by atoms with E-state index in [9.17, 15) is 14.0 Å². The van der Waals surface area contributed by atoms with Crippen LogP contribution in [0.3, 0.4) is 0 Å². The largest absolute Gasteiger partial charge is 0.330 e. The number of carbonyl (C=O) groups is 2. The van der Waals surface area contributed by atoms with E-state index >= 15 is 4.39 Å². The lowest BCUT2D eigenvalue weighted by atomic mass is 9.92. The van der Waals surface area contributed by atoms with Gasteiger partial charge in [0.05, 0.1) is 22.4 Å². The Balaban J connectivity index is 1.54. The average molecular weight is 594 g/mol. The molecule has 1 aromatic heterocycles. The lowest BCUT2D eigenvalue weighted by Crippen LogP contribution is -2.38. The molecule has 0 unspecified atom stereocenters. The molecule has 3 aromatic rings. The van der Waals surface area contributed by atoms with E-state index in [1.807, 2.05) is 13.0 Å². The highest BCUT2D eigenvalue weighted by atomic mass is 35.5. The van der Waals surface area contributed by atoms with Crippen LogP contribution in [0.2, 0.25) is 5.02 Å². The summed E-state index contributed by atoms with van der Waals surface area (Å²) in [5.41, 5.74) is 3.07. The van der Waals surface area contributed by atoms with Crippen molar-refractivity contribution in [2.75, 3.05) is 16.9 Å². The van der Waals surface area contributed by atoms with Crippen molar-refractivity contribution in [1.29, 1.82) is 0 Å². The fourth-order valence-corrected chi connectivity index (χ4v) is 5.64. The molecule has 2 bridgehead atoms. The minimum absolute atomic E-state index is 0.0928. The van der Waals surface area contributed by atoms with Crippen LogP contribution in [0.4, 0.5) is 20.2 Å². The number of fused-ring (bicyclic) bond motifs is 4. The molecule has 0 fully saturated rings. The molecule has 218 valence electrons. The van der Waals surface area contributed by atoms with Crippen molar-refractivity contribution in [3.8, 4) is 11.1 Å². The number of halogens is 3. The Bertz CT molecular complexity index is 1600. The van der Waals surface area contributed by atoms with Gasteiger partial charge in [-0.05, 0) is 72.9 Å². The van der Waals surface area contributed by atoms with E-state index < -0.39 is 17.7 Å². The van der Waals surface area contributed by atoms with Gasteiger partial charge in [-0.3, -0.25) is 19.6 Å². The van der Waals surface area contributed by atoms with E-state index in [1.165, 1.54) is 30.3 Å². The summed E-state index contributed by atoms with van der Waals surface area (Å²) in [6.45, 7) is 2.11. The van der Waals surface area contributed by atoms with E-state index in [1.54, 1.807) is 23.2 Å². The zero-order valence-electron chi connectivity index (χ0n) is 22.9. The molecule has 2 amide bonds. The highest BCUT2D eigenvalue weighted by Gasteiger charge is 2.31. The van der Waals surface area contributed by atoms with Gasteiger partial charge < -0.3 is 16.1 Å². The van der Waals surface area contributed by atoms with E-state index in [0.717, 1.165) is 11.3 Å². The minimum atomic E-state index is -0.707. The van der Waals surface area contributed by atoms with E-state index in [-0.39, 0.29) is 40.6 Å². The zero-order chi connectivity index (χ0) is 30.0. The van der Waals surface area contributed by atoms with Gasteiger partial charge in [0, 0.05) is 41.5 Å². The Morgan fingerprint density at radius 1 is 1.17 bits per heavy atom. The second-order valence-electron chi connectivity index (χ2n) is 10.4. The third-order valence-electron chi connectivity index (χ3n) is 7.68. The quantitative estimate of drug-likeness (QED) is 0.161. The first-order chi connectivity index (χ1) is 20.2. The minimum Gasteiger partial charge on any atom is -0.330 e. The highest BCUT2D eigenvalue weighted by molar-refractivity contribution is 6.31. The molecule has 0 aliphatic carbocycles. The summed E-state index contributed by atoms with van der Waals surface area (Å²) in [7, 11) is 0. The van der Waals surface area contributed by atoms with Gasteiger partial charge in [-0.1, -0.05) is 24.9 Å². The highest BCUT2D eigenvalue weighted by Crippen LogP contribution is 2.39. The number of hydrazine groups is 1. The van der Waals surface area contributed by atoms with E-state index in [0.29, 0.717) is 53.8 Å². The molecule has 2 aliphatic heterocycles. The van der Waals surface area contributed by atoms with Gasteiger partial charge in [-0.25, -0.2) is 14.6 Å². The van der Waals surface area contributed by atoms with Gasteiger partial charge in [0.1, 0.15) is 12.2 Å². The van der Waals surface area contributed by atoms with Crippen LogP contribution in [0.25, 0.3) is 16.7 Å². The molecule has 0 spiro atoms. The summed E-state index contributed by atoms with van der Waals surface area (Å²) < 4.78 is 29.6. The van der Waals surface area contributed by atoms with Crippen LogP contribution in [0.1, 0.15) is 49.9 Å². The second-order valence-corrected chi connectivity index (χ2v) is 10.8. The van der Waals surface area contributed by atoms with Crippen LogP contribution in [0.5, 0.6) is 0 Å². The van der Waals surface area contributed by atoms with Crippen LogP contribution < -0.4 is 22.0 Å². The maximum Gasteiger partial charge on any atom is 0.247 e. The van der Waals surface area contributed by atoms with Crippen LogP contribution >= 0.6 is 11.6 Å². The first-order valence-electron chi connectivity index (χ1n) is 13.5. The zero-order valence-corrected chi connectivity index (χ0v) is 23.6. The number of nitrogens with zero attached hydrogens (tertiary/aromatic N) is 4. The number of hydrazone groups is 1. The molecule has 0 radical (unpaired) electrons. The summed E-state index contributed by atoms with van der Waals surface area (Å²) >= 11 is 6.09. The summed E-state index contributed by atoms with van der Waals surface area (Å²) in [6, 6.07) is 10.2. The van der Waals surface area contributed by atoms with Crippen molar-refractivity contribution in [2.45, 2.75) is 38.6 Å². The maximum absolute atomic E-state index is 15.3. The van der Waals surface area contributed by atoms with Crippen molar-refractivity contribution in [3.63, 3.8) is 0 Å². The number of amides is 2. The molecule has 2 aliphatic rings. The van der Waals surface area contributed by atoms with Crippen molar-refractivity contribution in [3.05, 3.63) is 82.7 Å². The first-order valence-corrected chi connectivity index (χ1v) is 13.9. The molecule has 0 saturated heterocycles. The van der Waals surface area contributed by atoms with Crippen molar-refractivity contribution in [2.24, 2.45) is 22.7 Å². The number of pyridine rings is 1. The normalized spacial score (nSPS) is 19.5. The molecule has 2 aromatic carbocycles. The summed E-state index contributed by atoms with van der Waals surface area (Å²) in [6.07, 6.45) is 6.20. The van der Waals surface area contributed by atoms with Gasteiger partial charge >= 0.3 is 0 Å². The Kier molecular flexibility index (Phi) is 8.51. The predicted molar refractivity (Wildman–Crippen MR) is 159 cm³/mol. The third kappa shape index (κ3) is 5.83. The van der Waals surface area contributed by atoms with Gasteiger partial charge in [0.2, 0.25) is 11.8 Å². The van der Waals surface area contributed by atoms with Crippen LogP contribution in [0.15, 0.2) is 59.8 Å². The number of carbonyl (C=O) groups excluding carboxylic acids is 2. The monoisotopic (exact) mass is 593 g/mol. The Morgan fingerprint density at radius 2 is 1.98 bits per heavy atom. The molecule has 5 N–H and O–H groups in total. The number of hydrogen-bond acceptors (Lipinski definition) is 6. The standard InChI is InChI=1S/C30H30ClF2N7O2/c1-17-3-2-4-25(24-13-18(9-11-36-24)21-15-20(32)5-7-23(21)38-30(17)42)39-12-10-19(14-27(39)41)28-26(40(35)16-37-34)8-6-22(31)29(28)33/h5-9,11,13-17,25H,2-4,10,12,34-35H2,1H3,(H,38,42)/b37-16-/t17-,25+/m1/s1. The van der Waals surface area contributed by atoms with E-state index in [4.69, 9.17) is 23.3 Å². The predicted octanol–water partition coefficient (Wildman–Crippen LogP) is 5.38. The SMILES string of the molecule is C[C@@H]1CCC[C@H](N2CCC(c3c(N(N)/C=N\N)ccc(Cl)c3F)=CC2=O)c2cc(ccn2)-c2cc(F)ccc2NC1=O. The molecule has 42 heavy (non-hydrogen) atoms. The fraction of sp³-hybridized carbons (Fsp3) is 0.267. The molecular weight excluding hydrogens is 564 g/mol. The summed E-state index contributed by atoms with van der Waals surface area (Å²) in [4.78, 5) is 32.9. The van der Waals surface area contributed by atoms with Crippen LogP contribution in [-0.2, 0) is 9.59 Å². The summed E-state index contributed by atoms with van der Waals surface area (Å²) in [5, 5.41) is 7.27. The molecule has 9 nitrogen and oxygen atoms in total. The molecule has 0 saturated carbocycles. The Labute approximate surface area is 246 Å². The number of hydrogen-bond donors (Lipinski definition) is 3. The van der Waals surface area contributed by atoms with Gasteiger partial charge in [-0.2, -0.15) is 5.10 Å². The van der Waals surface area contributed by atoms with Crippen molar-refractivity contribution >= 4 is 46.7 Å². The fourth-order valence-electron chi connectivity index (χ4n) is 5.49. The average Bonchev–Trinajstić information content (AvgIpc) is 2.97. The lowest BCUT2D eigenvalue weighted by molar-refractivity contribution is -0.129. The van der Waals surface area contributed by atoms with Crippen molar-refractivity contribution < 1.29 is 18.4 Å². The molecular formula is C30H30ClF2N7O2. The summed E-state index contributed by atoms with van der Waals surface area (Å²) in [5.74, 6) is 9.28. The smallest absolute Gasteiger partial charge is 0.247 e. The molecule has 3 heterocycles. The Hall–Kier alpha value is -4.35. The maximum atomic E-state index is 15.3. The molecule has 5 rings (SSSR count). The number of nitrogens with two attached hydrogens (primary N) is 2. The topological polar surface area (TPSA) is 130 Å². The van der Waals surface area contributed by atoms with Crippen molar-refractivity contribution in [1.82, 2.24) is 9.88 Å². The van der Waals surface area contributed by atoms with Crippen LogP contribution in [-0.4, -0.2) is 34.6 Å². The Morgan fingerprint density at radius 3 is 2.74 bits per heavy atom. The molecule has 12 heteroatoms. The second kappa shape index (κ2) is 12.3. The van der Waals surface area contributed by atoms with Crippen LogP contribution in [0, 0.1) is 17.6 Å². The molecule has 2 atom stereocenters. The number of benzene rings is 2. The van der Waals surface area contributed by atoms with Gasteiger partial charge in [0.15, 0.2) is 5.82 Å². The van der Waals surface area contributed by atoms with Gasteiger partial charge in [0.25, 0.3) is 0 Å². The van der Waals surface area contributed by atoms with Gasteiger partial charge in [-0.15, -0.1) is 0 Å². The van der Waals surface area contributed by atoms with E-state index in [2.05, 4.69) is 15.4 Å². The number of rotatable bonds is 4. The number of nitrogens with one attached hydrogen (secondary N) is 1.